The lowest BCUT2D eigenvalue weighted by Gasteiger charge is -2.29. The summed E-state index contributed by atoms with van der Waals surface area (Å²) in [7, 11) is 0. The van der Waals surface area contributed by atoms with Crippen LogP contribution in [0, 0.1) is 12.7 Å². The van der Waals surface area contributed by atoms with E-state index in [2.05, 4.69) is 43.4 Å². The van der Waals surface area contributed by atoms with Gasteiger partial charge in [-0.25, -0.2) is 4.39 Å². The molecular weight excluding hydrogens is 281 g/mol. The molecular formula is C18H20FNS. The van der Waals surface area contributed by atoms with Crippen molar-refractivity contribution in [2.24, 2.45) is 0 Å². The van der Waals surface area contributed by atoms with Crippen LogP contribution in [0.4, 0.5) is 4.39 Å². The molecule has 2 atom stereocenters. The lowest BCUT2D eigenvalue weighted by Crippen LogP contribution is -2.27. The van der Waals surface area contributed by atoms with Crippen LogP contribution < -0.4 is 5.32 Å². The average molecular weight is 301 g/mol. The molecule has 3 rings (SSSR count). The summed E-state index contributed by atoms with van der Waals surface area (Å²) in [6.07, 6.45) is 1.04. The average Bonchev–Trinajstić information content (AvgIpc) is 2.48. The maximum Gasteiger partial charge on any atom is 0.137 e. The van der Waals surface area contributed by atoms with Gasteiger partial charge in [0.2, 0.25) is 0 Å². The maximum absolute atomic E-state index is 13.9. The standard InChI is InChI=1S/C18H20FNS/c1-12-5-3-6-14(11-12)13(2)20-17-9-10-21-18-15(17)7-4-8-16(18)19/h3-8,11,13,17,20H,9-10H2,1-2H3/t13-,17?/m1/s1. The first-order chi connectivity index (χ1) is 10.1. The lowest BCUT2D eigenvalue weighted by atomic mass is 10.00. The van der Waals surface area contributed by atoms with E-state index in [9.17, 15) is 4.39 Å². The number of hydrogen-bond acceptors (Lipinski definition) is 2. The van der Waals surface area contributed by atoms with Crippen LogP contribution in [0.5, 0.6) is 0 Å². The molecule has 0 saturated heterocycles. The van der Waals surface area contributed by atoms with Gasteiger partial charge in [-0.05, 0) is 43.2 Å². The Morgan fingerprint density at radius 1 is 1.24 bits per heavy atom. The van der Waals surface area contributed by atoms with Gasteiger partial charge in [-0.3, -0.25) is 0 Å². The molecule has 110 valence electrons. The second-order valence-corrected chi connectivity index (χ2v) is 6.76. The summed E-state index contributed by atoms with van der Waals surface area (Å²) in [6.45, 7) is 4.29. The van der Waals surface area contributed by atoms with Gasteiger partial charge >= 0.3 is 0 Å². The largest absolute Gasteiger partial charge is 0.303 e. The van der Waals surface area contributed by atoms with Gasteiger partial charge in [0.05, 0.1) is 0 Å². The zero-order chi connectivity index (χ0) is 14.8. The Labute approximate surface area is 130 Å². The van der Waals surface area contributed by atoms with E-state index in [0.717, 1.165) is 22.6 Å². The molecule has 2 aromatic carbocycles. The minimum Gasteiger partial charge on any atom is -0.303 e. The third-order valence-electron chi connectivity index (χ3n) is 4.02. The van der Waals surface area contributed by atoms with E-state index >= 15 is 0 Å². The van der Waals surface area contributed by atoms with E-state index in [1.54, 1.807) is 17.8 Å². The van der Waals surface area contributed by atoms with Gasteiger partial charge in [-0.2, -0.15) is 0 Å². The lowest BCUT2D eigenvalue weighted by molar-refractivity contribution is 0.444. The Balaban J connectivity index is 1.82. The number of hydrogen-bond donors (Lipinski definition) is 1. The van der Waals surface area contributed by atoms with E-state index < -0.39 is 0 Å². The van der Waals surface area contributed by atoms with Gasteiger partial charge in [-0.15, -0.1) is 11.8 Å². The molecule has 1 aliphatic heterocycles. The molecule has 3 heteroatoms. The fraction of sp³-hybridized carbons (Fsp3) is 0.333. The minimum absolute atomic E-state index is 0.0905. The van der Waals surface area contributed by atoms with Crippen molar-refractivity contribution in [3.05, 3.63) is 65.0 Å². The molecule has 0 bridgehead atoms. The number of benzene rings is 2. The molecule has 0 aliphatic carbocycles. The Kier molecular flexibility index (Phi) is 4.32. The van der Waals surface area contributed by atoms with E-state index in [1.165, 1.54) is 11.1 Å². The van der Waals surface area contributed by atoms with Crippen LogP contribution in [0.3, 0.4) is 0 Å². The highest BCUT2D eigenvalue weighted by Gasteiger charge is 2.24. The van der Waals surface area contributed by atoms with Gasteiger partial charge in [0.25, 0.3) is 0 Å². The van der Waals surface area contributed by atoms with Crippen molar-refractivity contribution in [2.45, 2.75) is 37.2 Å². The van der Waals surface area contributed by atoms with Crippen molar-refractivity contribution in [2.75, 3.05) is 5.75 Å². The molecule has 1 aliphatic rings. The Morgan fingerprint density at radius 2 is 2.05 bits per heavy atom. The van der Waals surface area contributed by atoms with Crippen molar-refractivity contribution in [3.8, 4) is 0 Å². The van der Waals surface area contributed by atoms with Gasteiger partial charge in [0.1, 0.15) is 5.82 Å². The van der Waals surface area contributed by atoms with Crippen LogP contribution >= 0.6 is 11.8 Å². The molecule has 1 heterocycles. The molecule has 0 fully saturated rings. The molecule has 1 unspecified atom stereocenters. The molecule has 2 aromatic rings. The van der Waals surface area contributed by atoms with Crippen LogP contribution in [-0.2, 0) is 0 Å². The highest BCUT2D eigenvalue weighted by Crippen LogP contribution is 2.38. The quantitative estimate of drug-likeness (QED) is 0.854. The predicted octanol–water partition coefficient (Wildman–Crippen LogP) is 5.02. The molecule has 0 amide bonds. The SMILES string of the molecule is Cc1cccc([C@@H](C)NC2CCSc3c(F)cccc32)c1. The van der Waals surface area contributed by atoms with E-state index in [4.69, 9.17) is 0 Å². The minimum atomic E-state index is -0.0905. The van der Waals surface area contributed by atoms with Gasteiger partial charge in [-0.1, -0.05) is 42.0 Å². The smallest absolute Gasteiger partial charge is 0.137 e. The van der Waals surface area contributed by atoms with Gasteiger partial charge < -0.3 is 5.32 Å². The summed E-state index contributed by atoms with van der Waals surface area (Å²) in [5.41, 5.74) is 3.66. The number of rotatable bonds is 3. The number of aryl methyl sites for hydroxylation is 1. The number of nitrogens with one attached hydrogen (secondary N) is 1. The molecule has 0 saturated carbocycles. The zero-order valence-electron chi connectivity index (χ0n) is 12.4. The Morgan fingerprint density at radius 3 is 2.86 bits per heavy atom. The molecule has 1 nitrogen and oxygen atoms in total. The van der Waals surface area contributed by atoms with Crippen molar-refractivity contribution in [1.82, 2.24) is 5.32 Å². The summed E-state index contributed by atoms with van der Waals surface area (Å²) in [4.78, 5) is 0.817. The van der Waals surface area contributed by atoms with Crippen LogP contribution in [-0.4, -0.2) is 5.75 Å². The normalized spacial score (nSPS) is 19.1. The summed E-state index contributed by atoms with van der Waals surface area (Å²) < 4.78 is 13.9. The van der Waals surface area contributed by atoms with Crippen LogP contribution in [0.25, 0.3) is 0 Å². The molecule has 21 heavy (non-hydrogen) atoms. The number of halogens is 1. The highest BCUT2D eigenvalue weighted by molar-refractivity contribution is 7.99. The van der Waals surface area contributed by atoms with Crippen LogP contribution in [0.1, 0.15) is 42.1 Å². The highest BCUT2D eigenvalue weighted by atomic mass is 32.2. The van der Waals surface area contributed by atoms with Crippen molar-refractivity contribution in [1.29, 1.82) is 0 Å². The van der Waals surface area contributed by atoms with Crippen molar-refractivity contribution in [3.63, 3.8) is 0 Å². The zero-order valence-corrected chi connectivity index (χ0v) is 13.2. The maximum atomic E-state index is 13.9. The van der Waals surface area contributed by atoms with E-state index in [-0.39, 0.29) is 17.9 Å². The third kappa shape index (κ3) is 3.14. The summed E-state index contributed by atoms with van der Waals surface area (Å²) in [6, 6.07) is 14.5. The van der Waals surface area contributed by atoms with Gasteiger partial charge in [0, 0.05) is 17.0 Å². The first-order valence-electron chi connectivity index (χ1n) is 7.39. The molecule has 0 radical (unpaired) electrons. The van der Waals surface area contributed by atoms with Crippen molar-refractivity contribution < 1.29 is 4.39 Å². The first kappa shape index (κ1) is 14.6. The number of fused-ring (bicyclic) bond motifs is 1. The summed E-state index contributed by atoms with van der Waals surface area (Å²) in [5.74, 6) is 0.874. The van der Waals surface area contributed by atoms with Gasteiger partial charge in [0.15, 0.2) is 0 Å². The topological polar surface area (TPSA) is 12.0 Å². The summed E-state index contributed by atoms with van der Waals surface area (Å²) >= 11 is 1.63. The number of thioether (sulfide) groups is 1. The second-order valence-electron chi connectivity index (χ2n) is 5.65. The van der Waals surface area contributed by atoms with E-state index in [1.807, 2.05) is 12.1 Å². The fourth-order valence-electron chi connectivity index (χ4n) is 2.90. The third-order valence-corrected chi connectivity index (χ3v) is 5.18. The monoisotopic (exact) mass is 301 g/mol. The van der Waals surface area contributed by atoms with Crippen LogP contribution in [0.15, 0.2) is 47.4 Å². The molecule has 0 aromatic heterocycles. The Bertz CT molecular complexity index is 641. The fourth-order valence-corrected chi connectivity index (χ4v) is 4.04. The molecule has 1 N–H and O–H groups in total. The predicted molar refractivity (Wildman–Crippen MR) is 87.2 cm³/mol. The first-order valence-corrected chi connectivity index (χ1v) is 8.37. The van der Waals surface area contributed by atoms with E-state index in [0.29, 0.717) is 0 Å². The van der Waals surface area contributed by atoms with Crippen LogP contribution in [0.2, 0.25) is 0 Å². The second kappa shape index (κ2) is 6.20. The Hall–Kier alpha value is -1.32. The van der Waals surface area contributed by atoms with Crippen molar-refractivity contribution >= 4 is 11.8 Å². The molecule has 0 spiro atoms. The summed E-state index contributed by atoms with van der Waals surface area (Å²) in [5, 5.41) is 3.67.